The van der Waals surface area contributed by atoms with Crippen LogP contribution < -0.4 is 4.72 Å². The Labute approximate surface area is 85.5 Å². The van der Waals surface area contributed by atoms with Gasteiger partial charge in [0.1, 0.15) is 4.83 Å². The first-order chi connectivity index (χ1) is 6.11. The fraction of sp³-hybridized carbons (Fsp3) is 0.143. The molecule has 1 N–H and O–H groups in total. The number of ketones is 1. The highest BCUT2D eigenvalue weighted by Gasteiger charge is 2.39. The summed E-state index contributed by atoms with van der Waals surface area (Å²) in [6.45, 7) is 0. The quantitative estimate of drug-likeness (QED) is 0.369. The molecule has 1 amide bonds. The number of carbonyl (C=O) groups excluding carboxylic acids is 2. The minimum absolute atomic E-state index is 0.115. The third-order valence-corrected chi connectivity index (χ3v) is 3.82. The molecule has 69 valence electrons. The summed E-state index contributed by atoms with van der Waals surface area (Å²) in [6, 6.07) is 0. The average molecular weight is 263 g/mol. The first kappa shape index (κ1) is 8.98. The monoisotopic (exact) mass is 262 g/mol. The highest BCUT2D eigenvalue weighted by molar-refractivity contribution is 9.10. The molecule has 2 atom stereocenters. The molecule has 0 spiro atoms. The smallest absolute Gasteiger partial charge is 0.293 e. The molecule has 0 bridgehead atoms. The molecule has 0 saturated carbocycles. The molecule has 2 unspecified atom stereocenters. The van der Waals surface area contributed by atoms with Crippen LogP contribution in [0.25, 0.3) is 0 Å². The van der Waals surface area contributed by atoms with Crippen molar-refractivity contribution in [2.75, 3.05) is 0 Å². The number of rotatable bonds is 0. The van der Waals surface area contributed by atoms with E-state index in [9.17, 15) is 14.1 Å². The van der Waals surface area contributed by atoms with Crippen molar-refractivity contribution >= 4 is 39.0 Å². The highest BCUT2D eigenvalue weighted by Crippen LogP contribution is 2.28. The van der Waals surface area contributed by atoms with Gasteiger partial charge in [0.15, 0.2) is 4.91 Å². The van der Waals surface area contributed by atoms with Crippen LogP contribution in [0.4, 0.5) is 0 Å². The molecule has 2 rings (SSSR count). The van der Waals surface area contributed by atoms with Crippen LogP contribution in [-0.2, 0) is 21.0 Å². The van der Waals surface area contributed by atoms with Gasteiger partial charge in [0, 0.05) is 0 Å². The van der Waals surface area contributed by atoms with Gasteiger partial charge in [-0.3, -0.25) is 9.59 Å². The molecule has 1 heterocycles. The molecule has 0 aromatic carbocycles. The van der Waals surface area contributed by atoms with Gasteiger partial charge in [-0.1, -0.05) is 33.4 Å². The number of allylic oxidation sites excluding steroid dienone is 2. The van der Waals surface area contributed by atoms with Crippen LogP contribution in [0.15, 0.2) is 22.6 Å². The predicted molar refractivity (Wildman–Crippen MR) is 51.6 cm³/mol. The molecular weight excluding hydrogens is 258 g/mol. The molecule has 4 nitrogen and oxygen atoms in total. The lowest BCUT2D eigenvalue weighted by Crippen LogP contribution is -2.26. The Morgan fingerprint density at radius 3 is 2.92 bits per heavy atom. The van der Waals surface area contributed by atoms with E-state index in [0.717, 1.165) is 0 Å². The van der Waals surface area contributed by atoms with E-state index in [-0.39, 0.29) is 16.3 Å². The van der Waals surface area contributed by atoms with Crippen LogP contribution in [0.2, 0.25) is 0 Å². The summed E-state index contributed by atoms with van der Waals surface area (Å²) in [5, 5.41) is 0. The second kappa shape index (κ2) is 2.97. The Morgan fingerprint density at radius 2 is 2.23 bits per heavy atom. The molecule has 1 radical (unpaired) electrons. The van der Waals surface area contributed by atoms with Crippen molar-refractivity contribution in [3.05, 3.63) is 22.6 Å². The van der Waals surface area contributed by atoms with E-state index in [0.29, 0.717) is 0 Å². The van der Waals surface area contributed by atoms with Crippen LogP contribution in [0, 0.1) is 0 Å². The standard InChI is InChI=1S/C7H5BrNO3S/c8-4-2-1-3-6(5(4)10)13(12)9-7(3)11/h1-2,4,13H,(H,9,11). The molecule has 0 saturated heterocycles. The van der Waals surface area contributed by atoms with Crippen LogP contribution in [0.3, 0.4) is 0 Å². The minimum atomic E-state index is -2.03. The Bertz CT molecular complexity index is 363. The molecule has 0 aromatic rings. The number of carbonyl (C=O) groups is 2. The second-order valence-corrected chi connectivity index (χ2v) is 4.87. The van der Waals surface area contributed by atoms with Crippen LogP contribution >= 0.6 is 15.9 Å². The van der Waals surface area contributed by atoms with Gasteiger partial charge < -0.3 is 4.55 Å². The molecule has 2 aliphatic rings. The summed E-state index contributed by atoms with van der Waals surface area (Å²) < 4.78 is 13.5. The molecular formula is C7H5BrNO3S. The summed E-state index contributed by atoms with van der Waals surface area (Å²) in [5.41, 5.74) is 0.238. The molecule has 0 fully saturated rings. The number of hydrogen-bond acceptors (Lipinski definition) is 3. The fourth-order valence-corrected chi connectivity index (χ4v) is 2.92. The number of hydrogen-bond donors (Lipinski definition) is 1. The van der Waals surface area contributed by atoms with Gasteiger partial charge in [-0.25, -0.2) is 4.72 Å². The largest absolute Gasteiger partial charge is 0.629 e. The van der Waals surface area contributed by atoms with Crippen molar-refractivity contribution < 1.29 is 14.1 Å². The molecule has 6 heteroatoms. The zero-order valence-corrected chi connectivity index (χ0v) is 8.76. The predicted octanol–water partition coefficient (Wildman–Crippen LogP) is -0.331. The first-order valence-electron chi connectivity index (χ1n) is 3.50. The topological polar surface area (TPSA) is 69.2 Å². The molecule has 1 aliphatic heterocycles. The van der Waals surface area contributed by atoms with E-state index in [4.69, 9.17) is 0 Å². The maximum Gasteiger partial charge on any atom is 0.293 e. The van der Waals surface area contributed by atoms with Gasteiger partial charge >= 0.3 is 0 Å². The summed E-state index contributed by atoms with van der Waals surface area (Å²) in [5.74, 6) is -0.725. The molecule has 1 aliphatic carbocycles. The van der Waals surface area contributed by atoms with Gasteiger partial charge in [0.25, 0.3) is 5.91 Å². The number of alkyl halides is 1. The molecule has 0 aromatic heterocycles. The lowest BCUT2D eigenvalue weighted by Gasteiger charge is -2.14. The van der Waals surface area contributed by atoms with Crippen molar-refractivity contribution in [1.82, 2.24) is 4.72 Å². The lowest BCUT2D eigenvalue weighted by molar-refractivity contribution is -0.116. The van der Waals surface area contributed by atoms with Crippen molar-refractivity contribution in [1.29, 1.82) is 0 Å². The maximum absolute atomic E-state index is 11.4. The van der Waals surface area contributed by atoms with Gasteiger partial charge in [-0.2, -0.15) is 0 Å². The minimum Gasteiger partial charge on any atom is -0.629 e. The van der Waals surface area contributed by atoms with Gasteiger partial charge in [-0.15, -0.1) is 0 Å². The van der Waals surface area contributed by atoms with E-state index >= 15 is 0 Å². The SMILES string of the molecule is O=C1N[SH+]([O-])C2=C1C=CC(Br)C2=O. The number of halogens is 1. The second-order valence-electron chi connectivity index (χ2n) is 2.62. The zero-order chi connectivity index (χ0) is 9.59. The van der Waals surface area contributed by atoms with Gasteiger partial charge in [-0.05, 0) is 6.08 Å². The Balaban J connectivity index is 2.50. The molecule has 13 heavy (non-hydrogen) atoms. The fourth-order valence-electron chi connectivity index (χ4n) is 1.21. The van der Waals surface area contributed by atoms with E-state index < -0.39 is 22.1 Å². The van der Waals surface area contributed by atoms with Crippen molar-refractivity contribution in [3.63, 3.8) is 0 Å². The van der Waals surface area contributed by atoms with Crippen molar-refractivity contribution in [3.8, 4) is 0 Å². The Kier molecular flexibility index (Phi) is 2.05. The Morgan fingerprint density at radius 1 is 1.54 bits per heavy atom. The lowest BCUT2D eigenvalue weighted by atomic mass is 10.1. The average Bonchev–Trinajstić information content (AvgIpc) is 2.35. The van der Waals surface area contributed by atoms with Gasteiger partial charge in [0.05, 0.1) is 5.57 Å². The van der Waals surface area contributed by atoms with E-state index in [2.05, 4.69) is 20.7 Å². The van der Waals surface area contributed by atoms with Crippen LogP contribution in [0.1, 0.15) is 0 Å². The van der Waals surface area contributed by atoms with Crippen LogP contribution in [-0.4, -0.2) is 21.1 Å². The zero-order valence-electron chi connectivity index (χ0n) is 6.28. The third-order valence-electron chi connectivity index (χ3n) is 1.82. The summed E-state index contributed by atoms with van der Waals surface area (Å²) in [6.07, 6.45) is 3.08. The first-order valence-corrected chi connectivity index (χ1v) is 5.68. The summed E-state index contributed by atoms with van der Waals surface area (Å²) in [7, 11) is 0. The maximum atomic E-state index is 11.4. The third kappa shape index (κ3) is 1.25. The van der Waals surface area contributed by atoms with E-state index in [1.165, 1.54) is 6.08 Å². The van der Waals surface area contributed by atoms with E-state index in [1.54, 1.807) is 6.08 Å². The summed E-state index contributed by atoms with van der Waals surface area (Å²) in [4.78, 5) is 22.2. The number of nitrogens with one attached hydrogen (secondary N) is 1. The highest BCUT2D eigenvalue weighted by atomic mass is 79.9. The Hall–Kier alpha value is -0.590. The van der Waals surface area contributed by atoms with Gasteiger partial charge in [0.2, 0.25) is 5.78 Å². The number of Topliss-reactive ketones (excluding diaryl/α,β-unsaturated/α-hetero) is 1. The van der Waals surface area contributed by atoms with Crippen LogP contribution in [0.5, 0.6) is 0 Å². The van der Waals surface area contributed by atoms with E-state index in [1.807, 2.05) is 0 Å². The van der Waals surface area contributed by atoms with Crippen molar-refractivity contribution in [2.24, 2.45) is 0 Å². The van der Waals surface area contributed by atoms with Crippen molar-refractivity contribution in [2.45, 2.75) is 4.83 Å². The number of thiol groups is 1. The summed E-state index contributed by atoms with van der Waals surface area (Å²) >= 11 is 1.07. The number of amides is 1. The normalized spacial score (nSPS) is 32.2.